The maximum absolute atomic E-state index is 12.6. The number of carbonyl (C=O) groups is 2. The molecule has 4 nitrogen and oxygen atoms in total. The van der Waals surface area contributed by atoms with Crippen LogP contribution in [-0.2, 0) is 4.79 Å². The van der Waals surface area contributed by atoms with Crippen molar-refractivity contribution in [3.8, 4) is 0 Å². The summed E-state index contributed by atoms with van der Waals surface area (Å²) >= 11 is 0. The fraction of sp³-hybridized carbons (Fsp3) is 0.263. The SMILES string of the molecule is Cc1cccc(C)c1NC(=O)c1cccc(N2CCCC2=O)c1. The first-order valence-electron chi connectivity index (χ1n) is 7.84. The first kappa shape index (κ1) is 15.3. The lowest BCUT2D eigenvalue weighted by atomic mass is 10.1. The number of nitrogens with zero attached hydrogens (tertiary/aromatic N) is 1. The van der Waals surface area contributed by atoms with Gasteiger partial charge in [0.25, 0.3) is 5.91 Å². The molecule has 118 valence electrons. The minimum Gasteiger partial charge on any atom is -0.322 e. The Hall–Kier alpha value is -2.62. The number of aryl methyl sites for hydroxylation is 2. The lowest BCUT2D eigenvalue weighted by Gasteiger charge is -2.17. The van der Waals surface area contributed by atoms with E-state index in [4.69, 9.17) is 0 Å². The van der Waals surface area contributed by atoms with Crippen molar-refractivity contribution in [2.24, 2.45) is 0 Å². The largest absolute Gasteiger partial charge is 0.322 e. The lowest BCUT2D eigenvalue weighted by Crippen LogP contribution is -2.24. The quantitative estimate of drug-likeness (QED) is 0.940. The van der Waals surface area contributed by atoms with Gasteiger partial charge in [0.2, 0.25) is 5.91 Å². The molecule has 0 aliphatic carbocycles. The summed E-state index contributed by atoms with van der Waals surface area (Å²) in [6.07, 6.45) is 1.45. The van der Waals surface area contributed by atoms with Gasteiger partial charge in [-0.2, -0.15) is 0 Å². The third kappa shape index (κ3) is 3.11. The van der Waals surface area contributed by atoms with Gasteiger partial charge in [-0.1, -0.05) is 24.3 Å². The van der Waals surface area contributed by atoms with Crippen LogP contribution in [0, 0.1) is 13.8 Å². The summed E-state index contributed by atoms with van der Waals surface area (Å²) in [5, 5.41) is 2.98. The van der Waals surface area contributed by atoms with Gasteiger partial charge in [-0.25, -0.2) is 0 Å². The highest BCUT2D eigenvalue weighted by Gasteiger charge is 2.22. The molecule has 1 aliphatic rings. The van der Waals surface area contributed by atoms with E-state index in [2.05, 4.69) is 5.32 Å². The summed E-state index contributed by atoms with van der Waals surface area (Å²) in [6.45, 7) is 4.67. The molecule has 2 amide bonds. The highest BCUT2D eigenvalue weighted by Crippen LogP contribution is 2.24. The second-order valence-corrected chi connectivity index (χ2v) is 5.92. The van der Waals surface area contributed by atoms with E-state index in [0.29, 0.717) is 12.0 Å². The van der Waals surface area contributed by atoms with Crippen molar-refractivity contribution < 1.29 is 9.59 Å². The molecule has 1 heterocycles. The number of nitrogens with one attached hydrogen (secondary N) is 1. The van der Waals surface area contributed by atoms with E-state index in [1.165, 1.54) is 0 Å². The summed E-state index contributed by atoms with van der Waals surface area (Å²) in [6, 6.07) is 13.2. The van der Waals surface area contributed by atoms with Crippen LogP contribution in [0.3, 0.4) is 0 Å². The van der Waals surface area contributed by atoms with E-state index in [0.717, 1.165) is 35.5 Å². The predicted octanol–water partition coefficient (Wildman–Crippen LogP) is 3.68. The first-order valence-corrected chi connectivity index (χ1v) is 7.84. The highest BCUT2D eigenvalue weighted by molar-refractivity contribution is 6.06. The van der Waals surface area contributed by atoms with Crippen molar-refractivity contribution in [2.45, 2.75) is 26.7 Å². The van der Waals surface area contributed by atoms with Crippen LogP contribution < -0.4 is 10.2 Å². The van der Waals surface area contributed by atoms with Gasteiger partial charge in [0.1, 0.15) is 0 Å². The number of carbonyl (C=O) groups excluding carboxylic acids is 2. The molecule has 0 aromatic heterocycles. The van der Waals surface area contributed by atoms with Crippen LogP contribution >= 0.6 is 0 Å². The number of rotatable bonds is 3. The molecular weight excluding hydrogens is 288 g/mol. The molecule has 3 rings (SSSR count). The smallest absolute Gasteiger partial charge is 0.255 e. The molecule has 0 unspecified atom stereocenters. The third-order valence-corrected chi connectivity index (χ3v) is 4.21. The summed E-state index contributed by atoms with van der Waals surface area (Å²) in [7, 11) is 0. The molecule has 2 aromatic rings. The highest BCUT2D eigenvalue weighted by atomic mass is 16.2. The standard InChI is InChI=1S/C19H20N2O2/c1-13-6-3-7-14(2)18(13)20-19(23)15-8-4-9-16(12-15)21-11-5-10-17(21)22/h3-4,6-9,12H,5,10-11H2,1-2H3,(H,20,23). The van der Waals surface area contributed by atoms with Gasteiger partial charge < -0.3 is 10.2 Å². The van der Waals surface area contributed by atoms with Crippen molar-refractivity contribution in [3.63, 3.8) is 0 Å². The molecule has 1 saturated heterocycles. The number of anilines is 2. The molecule has 4 heteroatoms. The van der Waals surface area contributed by atoms with Crippen molar-refractivity contribution >= 4 is 23.2 Å². The summed E-state index contributed by atoms with van der Waals surface area (Å²) in [5.41, 5.74) is 4.26. The average molecular weight is 308 g/mol. The van der Waals surface area contributed by atoms with Gasteiger partial charge in [0.05, 0.1) is 0 Å². The summed E-state index contributed by atoms with van der Waals surface area (Å²) < 4.78 is 0. The molecule has 23 heavy (non-hydrogen) atoms. The number of hydrogen-bond donors (Lipinski definition) is 1. The van der Waals surface area contributed by atoms with Gasteiger partial charge in [-0.3, -0.25) is 9.59 Å². The van der Waals surface area contributed by atoms with Gasteiger partial charge in [-0.15, -0.1) is 0 Å². The molecule has 0 saturated carbocycles. The van der Waals surface area contributed by atoms with Crippen molar-refractivity contribution in [2.75, 3.05) is 16.8 Å². The maximum atomic E-state index is 12.6. The Labute approximate surface area is 136 Å². The fourth-order valence-electron chi connectivity index (χ4n) is 2.93. The first-order chi connectivity index (χ1) is 11.1. The van der Waals surface area contributed by atoms with Crippen LogP contribution in [-0.4, -0.2) is 18.4 Å². The Morgan fingerprint density at radius 2 is 1.78 bits per heavy atom. The summed E-state index contributed by atoms with van der Waals surface area (Å²) in [4.78, 5) is 26.2. The number of benzene rings is 2. The topological polar surface area (TPSA) is 49.4 Å². The van der Waals surface area contributed by atoms with E-state index in [1.807, 2.05) is 44.2 Å². The van der Waals surface area contributed by atoms with E-state index >= 15 is 0 Å². The number of amides is 2. The van der Waals surface area contributed by atoms with Gasteiger partial charge in [0.15, 0.2) is 0 Å². The minimum atomic E-state index is -0.157. The van der Waals surface area contributed by atoms with Crippen molar-refractivity contribution in [3.05, 3.63) is 59.2 Å². The molecule has 0 atom stereocenters. The Morgan fingerprint density at radius 1 is 1.09 bits per heavy atom. The van der Waals surface area contributed by atoms with Crippen LogP contribution in [0.4, 0.5) is 11.4 Å². The van der Waals surface area contributed by atoms with E-state index < -0.39 is 0 Å². The third-order valence-electron chi connectivity index (χ3n) is 4.21. The van der Waals surface area contributed by atoms with Crippen molar-refractivity contribution in [1.29, 1.82) is 0 Å². The van der Waals surface area contributed by atoms with Crippen LogP contribution in [0.5, 0.6) is 0 Å². The van der Waals surface area contributed by atoms with Crippen molar-refractivity contribution in [1.82, 2.24) is 0 Å². The number of para-hydroxylation sites is 1. The Kier molecular flexibility index (Phi) is 4.15. The van der Waals surface area contributed by atoms with E-state index in [-0.39, 0.29) is 11.8 Å². The lowest BCUT2D eigenvalue weighted by molar-refractivity contribution is -0.117. The zero-order chi connectivity index (χ0) is 16.4. The molecule has 0 spiro atoms. The molecule has 2 aromatic carbocycles. The van der Waals surface area contributed by atoms with Gasteiger partial charge in [-0.05, 0) is 49.6 Å². The minimum absolute atomic E-state index is 0.123. The average Bonchev–Trinajstić information content (AvgIpc) is 2.97. The molecule has 1 fully saturated rings. The maximum Gasteiger partial charge on any atom is 0.255 e. The summed E-state index contributed by atoms with van der Waals surface area (Å²) in [5.74, 6) is -0.0341. The second kappa shape index (κ2) is 6.24. The van der Waals surface area contributed by atoms with Crippen LogP contribution in [0.25, 0.3) is 0 Å². The zero-order valence-corrected chi connectivity index (χ0v) is 13.4. The Balaban J connectivity index is 1.84. The van der Waals surface area contributed by atoms with Gasteiger partial charge in [0, 0.05) is 29.9 Å². The van der Waals surface area contributed by atoms with E-state index in [9.17, 15) is 9.59 Å². The Bertz CT molecular complexity index is 747. The molecule has 1 N–H and O–H groups in total. The van der Waals surface area contributed by atoms with Crippen LogP contribution in [0.2, 0.25) is 0 Å². The Morgan fingerprint density at radius 3 is 2.43 bits per heavy atom. The van der Waals surface area contributed by atoms with Crippen LogP contribution in [0.15, 0.2) is 42.5 Å². The molecule has 0 radical (unpaired) electrons. The van der Waals surface area contributed by atoms with Crippen LogP contribution in [0.1, 0.15) is 34.3 Å². The zero-order valence-electron chi connectivity index (χ0n) is 13.4. The monoisotopic (exact) mass is 308 g/mol. The fourth-order valence-corrected chi connectivity index (χ4v) is 2.93. The normalized spacial score (nSPS) is 14.2. The number of hydrogen-bond acceptors (Lipinski definition) is 2. The van der Waals surface area contributed by atoms with Gasteiger partial charge >= 0.3 is 0 Å². The molecule has 1 aliphatic heterocycles. The predicted molar refractivity (Wildman–Crippen MR) is 91.9 cm³/mol. The second-order valence-electron chi connectivity index (χ2n) is 5.92. The van der Waals surface area contributed by atoms with E-state index in [1.54, 1.807) is 17.0 Å². The molecular formula is C19H20N2O2. The molecule has 0 bridgehead atoms.